The Morgan fingerprint density at radius 1 is 1.05 bits per heavy atom. The van der Waals surface area contributed by atoms with Crippen LogP contribution in [0.25, 0.3) is 0 Å². The van der Waals surface area contributed by atoms with Crippen molar-refractivity contribution in [1.29, 1.82) is 0 Å². The summed E-state index contributed by atoms with van der Waals surface area (Å²) in [7, 11) is 0. The quantitative estimate of drug-likeness (QED) is 0.618. The zero-order valence-electron chi connectivity index (χ0n) is 10.5. The molecular weight excluding hydrogens is 302 g/mol. The second-order valence-electron chi connectivity index (χ2n) is 4.71. The number of halogens is 6. The van der Waals surface area contributed by atoms with Gasteiger partial charge >= 0.3 is 18.3 Å². The molecule has 0 atom stereocenters. The fourth-order valence-electron chi connectivity index (χ4n) is 1.85. The van der Waals surface area contributed by atoms with Crippen molar-refractivity contribution in [3.05, 3.63) is 34.9 Å². The highest BCUT2D eigenvalue weighted by Crippen LogP contribution is 2.40. The Kier molecular flexibility index (Phi) is 3.90. The molecule has 0 radical (unpaired) electrons. The molecule has 1 fully saturated rings. The van der Waals surface area contributed by atoms with Crippen LogP contribution in [0.4, 0.5) is 26.3 Å². The summed E-state index contributed by atoms with van der Waals surface area (Å²) < 4.78 is 81.4. The summed E-state index contributed by atoms with van der Waals surface area (Å²) in [5.74, 6) is -1.17. The molecule has 0 amide bonds. The highest BCUT2D eigenvalue weighted by Gasteiger charge is 2.41. The highest BCUT2D eigenvalue weighted by molar-refractivity contribution is 5.74. The minimum absolute atomic E-state index is 0.405. The largest absolute Gasteiger partial charge is 0.461 e. The first-order chi connectivity index (χ1) is 9.60. The predicted molar refractivity (Wildman–Crippen MR) is 59.0 cm³/mol. The van der Waals surface area contributed by atoms with Crippen molar-refractivity contribution < 1.29 is 35.9 Å². The summed E-state index contributed by atoms with van der Waals surface area (Å²) >= 11 is 0. The van der Waals surface area contributed by atoms with E-state index in [0.717, 1.165) is 0 Å². The van der Waals surface area contributed by atoms with Gasteiger partial charge in [-0.05, 0) is 25.0 Å². The molecule has 0 saturated heterocycles. The summed E-state index contributed by atoms with van der Waals surface area (Å²) in [6, 6.07) is 1.75. The maximum Gasteiger partial charge on any atom is 0.416 e. The van der Waals surface area contributed by atoms with Crippen molar-refractivity contribution in [3.63, 3.8) is 0 Å². The van der Waals surface area contributed by atoms with E-state index in [-0.39, 0.29) is 0 Å². The SMILES string of the molecule is O=C(OCc1c(C(F)(F)F)cccc1C(F)(F)F)C1CC1. The first-order valence-corrected chi connectivity index (χ1v) is 6.03. The lowest BCUT2D eigenvalue weighted by Gasteiger charge is -2.18. The van der Waals surface area contributed by atoms with Crippen LogP contribution >= 0.6 is 0 Å². The molecule has 0 spiro atoms. The van der Waals surface area contributed by atoms with Crippen molar-refractivity contribution in [2.24, 2.45) is 5.92 Å². The van der Waals surface area contributed by atoms with Crippen LogP contribution in [-0.4, -0.2) is 5.97 Å². The Labute approximate surface area is 115 Å². The van der Waals surface area contributed by atoms with Gasteiger partial charge in [0.25, 0.3) is 0 Å². The van der Waals surface area contributed by atoms with E-state index < -0.39 is 47.5 Å². The van der Waals surface area contributed by atoms with Crippen molar-refractivity contribution in [2.75, 3.05) is 0 Å². The molecule has 1 aromatic rings. The second-order valence-corrected chi connectivity index (χ2v) is 4.71. The monoisotopic (exact) mass is 312 g/mol. The van der Waals surface area contributed by atoms with E-state index in [1.807, 2.05) is 0 Å². The fourth-order valence-corrected chi connectivity index (χ4v) is 1.85. The number of ether oxygens (including phenoxy) is 1. The van der Waals surface area contributed by atoms with Gasteiger partial charge in [0.05, 0.1) is 17.0 Å². The van der Waals surface area contributed by atoms with E-state index >= 15 is 0 Å². The molecule has 1 saturated carbocycles. The molecule has 8 heteroatoms. The lowest BCUT2D eigenvalue weighted by Crippen LogP contribution is -2.18. The van der Waals surface area contributed by atoms with Gasteiger partial charge in [0.2, 0.25) is 0 Å². The maximum absolute atomic E-state index is 12.8. The summed E-state index contributed by atoms with van der Waals surface area (Å²) in [6.45, 7) is -1.04. The molecule has 0 heterocycles. The van der Waals surface area contributed by atoms with Crippen LogP contribution < -0.4 is 0 Å². The molecular formula is C13H10F6O2. The number of hydrogen-bond donors (Lipinski definition) is 0. The molecule has 2 nitrogen and oxygen atoms in total. The van der Waals surface area contributed by atoms with Gasteiger partial charge in [0.15, 0.2) is 0 Å². The van der Waals surface area contributed by atoms with Gasteiger partial charge < -0.3 is 4.74 Å². The molecule has 1 aliphatic rings. The molecule has 0 unspecified atom stereocenters. The Morgan fingerprint density at radius 2 is 1.52 bits per heavy atom. The van der Waals surface area contributed by atoms with Crippen LogP contribution in [0.2, 0.25) is 0 Å². The third-order valence-corrected chi connectivity index (χ3v) is 3.06. The zero-order chi connectivity index (χ0) is 15.8. The van der Waals surface area contributed by atoms with Crippen LogP contribution in [-0.2, 0) is 28.5 Å². The van der Waals surface area contributed by atoms with Crippen LogP contribution in [0.1, 0.15) is 29.5 Å². The Bertz CT molecular complexity index is 510. The van der Waals surface area contributed by atoms with Crippen LogP contribution in [0.5, 0.6) is 0 Å². The van der Waals surface area contributed by atoms with E-state index in [9.17, 15) is 31.1 Å². The van der Waals surface area contributed by atoms with Crippen LogP contribution in [0.15, 0.2) is 18.2 Å². The topological polar surface area (TPSA) is 26.3 Å². The van der Waals surface area contributed by atoms with Crippen LogP contribution in [0.3, 0.4) is 0 Å². The maximum atomic E-state index is 12.8. The number of hydrogen-bond acceptors (Lipinski definition) is 2. The average Bonchev–Trinajstić information content (AvgIpc) is 3.17. The van der Waals surface area contributed by atoms with Gasteiger partial charge in [-0.3, -0.25) is 4.79 Å². The van der Waals surface area contributed by atoms with Gasteiger partial charge in [-0.15, -0.1) is 0 Å². The third-order valence-electron chi connectivity index (χ3n) is 3.06. The lowest BCUT2D eigenvalue weighted by atomic mass is 10.0. The van der Waals surface area contributed by atoms with Crippen molar-refractivity contribution in [1.82, 2.24) is 0 Å². The summed E-state index contributed by atoms with van der Waals surface area (Å²) in [5, 5.41) is 0. The smallest absolute Gasteiger partial charge is 0.416 e. The first kappa shape index (κ1) is 15.7. The number of rotatable bonds is 3. The van der Waals surface area contributed by atoms with Crippen LogP contribution in [0, 0.1) is 5.92 Å². The van der Waals surface area contributed by atoms with E-state index in [0.29, 0.717) is 31.0 Å². The normalized spacial score (nSPS) is 15.9. The summed E-state index contributed by atoms with van der Waals surface area (Å²) in [4.78, 5) is 11.3. The van der Waals surface area contributed by atoms with Gasteiger partial charge in [0.1, 0.15) is 6.61 Å². The minimum Gasteiger partial charge on any atom is -0.461 e. The number of carbonyl (C=O) groups is 1. The zero-order valence-corrected chi connectivity index (χ0v) is 10.5. The van der Waals surface area contributed by atoms with E-state index in [1.54, 1.807) is 0 Å². The van der Waals surface area contributed by atoms with E-state index in [4.69, 9.17) is 0 Å². The summed E-state index contributed by atoms with van der Waals surface area (Å²) in [6.07, 6.45) is -8.82. The fraction of sp³-hybridized carbons (Fsp3) is 0.462. The van der Waals surface area contributed by atoms with Crippen molar-refractivity contribution in [3.8, 4) is 0 Å². The number of alkyl halides is 6. The number of benzene rings is 1. The first-order valence-electron chi connectivity index (χ1n) is 6.03. The molecule has 0 aromatic heterocycles. The lowest BCUT2D eigenvalue weighted by molar-refractivity contribution is -0.152. The molecule has 0 aliphatic heterocycles. The molecule has 0 N–H and O–H groups in total. The molecule has 116 valence electrons. The van der Waals surface area contributed by atoms with Crippen molar-refractivity contribution in [2.45, 2.75) is 31.8 Å². The molecule has 21 heavy (non-hydrogen) atoms. The van der Waals surface area contributed by atoms with E-state index in [2.05, 4.69) is 4.74 Å². The predicted octanol–water partition coefficient (Wildman–Crippen LogP) is 4.18. The van der Waals surface area contributed by atoms with E-state index in [1.165, 1.54) is 0 Å². The average molecular weight is 312 g/mol. The third kappa shape index (κ3) is 3.68. The highest BCUT2D eigenvalue weighted by atomic mass is 19.4. The second kappa shape index (κ2) is 5.23. The molecule has 0 bridgehead atoms. The molecule has 1 aliphatic carbocycles. The van der Waals surface area contributed by atoms with Gasteiger partial charge in [-0.1, -0.05) is 6.07 Å². The van der Waals surface area contributed by atoms with Crippen molar-refractivity contribution >= 4 is 5.97 Å². The molecule has 2 rings (SSSR count). The van der Waals surface area contributed by atoms with Gasteiger partial charge in [-0.25, -0.2) is 0 Å². The Hall–Kier alpha value is -1.73. The number of esters is 1. The van der Waals surface area contributed by atoms with Gasteiger partial charge in [-0.2, -0.15) is 26.3 Å². The molecule has 1 aromatic carbocycles. The van der Waals surface area contributed by atoms with Gasteiger partial charge in [0, 0.05) is 5.56 Å². The Balaban J connectivity index is 2.35. The summed E-state index contributed by atoms with van der Waals surface area (Å²) in [5.41, 5.74) is -3.95. The number of carbonyl (C=O) groups excluding carboxylic acids is 1. The minimum atomic E-state index is -4.96. The standard InChI is InChI=1S/C13H10F6O2/c14-12(15,16)9-2-1-3-10(13(17,18)19)8(9)6-21-11(20)7-4-5-7/h1-3,7H,4-6H2. The Morgan fingerprint density at radius 3 is 1.90 bits per heavy atom.